The smallest absolute Gasteiger partial charge is 0.280 e. The molecular formula is C15H18F2N2O. The van der Waals surface area contributed by atoms with Gasteiger partial charge in [0.2, 0.25) is 0 Å². The van der Waals surface area contributed by atoms with Crippen LogP contribution in [-0.4, -0.2) is 18.1 Å². The van der Waals surface area contributed by atoms with E-state index in [1.165, 1.54) is 6.07 Å². The van der Waals surface area contributed by atoms with Crippen molar-refractivity contribution in [3.63, 3.8) is 0 Å². The molecule has 20 heavy (non-hydrogen) atoms. The second kappa shape index (κ2) is 6.50. The van der Waals surface area contributed by atoms with Crippen LogP contribution in [-0.2, 0) is 0 Å². The number of anilines is 1. The van der Waals surface area contributed by atoms with Crippen LogP contribution in [0.5, 0.6) is 5.75 Å². The normalized spacial score (nSPS) is 11.1. The quantitative estimate of drug-likeness (QED) is 0.852. The zero-order chi connectivity index (χ0) is 14.5. The zero-order valence-electron chi connectivity index (χ0n) is 11.6. The molecule has 0 radical (unpaired) electrons. The van der Waals surface area contributed by atoms with Crippen molar-refractivity contribution in [2.75, 3.05) is 18.5 Å². The van der Waals surface area contributed by atoms with E-state index in [0.717, 1.165) is 18.4 Å². The van der Waals surface area contributed by atoms with Crippen molar-refractivity contribution in [2.24, 2.45) is 0 Å². The first-order valence-electron chi connectivity index (χ1n) is 6.75. The molecule has 0 atom stereocenters. The van der Waals surface area contributed by atoms with Crippen LogP contribution in [0, 0.1) is 0 Å². The lowest BCUT2D eigenvalue weighted by molar-refractivity contribution is 0.146. The van der Waals surface area contributed by atoms with E-state index in [-0.39, 0.29) is 5.69 Å². The van der Waals surface area contributed by atoms with Crippen LogP contribution in [0.25, 0.3) is 10.9 Å². The number of ether oxygens (including phenoxy) is 1. The average molecular weight is 280 g/mol. The Balaban J connectivity index is 2.60. The van der Waals surface area contributed by atoms with E-state index in [1.807, 2.05) is 26.0 Å². The van der Waals surface area contributed by atoms with Gasteiger partial charge in [0.05, 0.1) is 6.61 Å². The summed E-state index contributed by atoms with van der Waals surface area (Å²) in [5.74, 6) is 0.534. The number of aromatic nitrogens is 1. The van der Waals surface area contributed by atoms with Crippen molar-refractivity contribution in [1.82, 2.24) is 4.98 Å². The van der Waals surface area contributed by atoms with Gasteiger partial charge in [-0.2, -0.15) is 0 Å². The molecule has 5 heteroatoms. The lowest BCUT2D eigenvalue weighted by Gasteiger charge is -2.13. The summed E-state index contributed by atoms with van der Waals surface area (Å²) in [6, 6.07) is 6.86. The molecule has 2 aromatic rings. The molecule has 0 amide bonds. The zero-order valence-corrected chi connectivity index (χ0v) is 11.6. The molecule has 1 aromatic heterocycles. The molecule has 0 spiro atoms. The van der Waals surface area contributed by atoms with Crippen molar-refractivity contribution in [3.8, 4) is 5.75 Å². The fourth-order valence-corrected chi connectivity index (χ4v) is 2.03. The van der Waals surface area contributed by atoms with Crippen LogP contribution < -0.4 is 10.1 Å². The highest BCUT2D eigenvalue weighted by Crippen LogP contribution is 2.32. The molecule has 0 aliphatic rings. The lowest BCUT2D eigenvalue weighted by atomic mass is 10.1. The first kappa shape index (κ1) is 14.5. The van der Waals surface area contributed by atoms with Crippen LogP contribution in [0.4, 0.5) is 14.5 Å². The number of fused-ring (bicyclic) bond motifs is 1. The highest BCUT2D eigenvalue weighted by Gasteiger charge is 2.15. The summed E-state index contributed by atoms with van der Waals surface area (Å²) in [7, 11) is 0. The maximum absolute atomic E-state index is 13.0. The van der Waals surface area contributed by atoms with E-state index in [1.54, 1.807) is 6.07 Å². The summed E-state index contributed by atoms with van der Waals surface area (Å²) in [6.07, 6.45) is -1.69. The Bertz CT molecular complexity index is 587. The highest BCUT2D eigenvalue weighted by molar-refractivity contribution is 5.95. The first-order valence-corrected chi connectivity index (χ1v) is 6.75. The highest BCUT2D eigenvalue weighted by atomic mass is 19.3. The van der Waals surface area contributed by atoms with Crippen LogP contribution in [0.15, 0.2) is 24.3 Å². The van der Waals surface area contributed by atoms with Crippen molar-refractivity contribution >= 4 is 16.6 Å². The van der Waals surface area contributed by atoms with E-state index in [9.17, 15) is 8.78 Å². The minimum absolute atomic E-state index is 0.233. The van der Waals surface area contributed by atoms with Gasteiger partial charge in [-0.25, -0.2) is 13.8 Å². The van der Waals surface area contributed by atoms with Gasteiger partial charge in [0, 0.05) is 17.6 Å². The predicted molar refractivity (Wildman–Crippen MR) is 76.6 cm³/mol. The number of halogens is 2. The van der Waals surface area contributed by atoms with Crippen LogP contribution in [0.3, 0.4) is 0 Å². The predicted octanol–water partition coefficient (Wildman–Crippen LogP) is 4.39. The second-order valence-corrected chi connectivity index (χ2v) is 4.41. The van der Waals surface area contributed by atoms with Gasteiger partial charge in [-0.1, -0.05) is 19.1 Å². The van der Waals surface area contributed by atoms with E-state index in [0.29, 0.717) is 23.6 Å². The van der Waals surface area contributed by atoms with Gasteiger partial charge in [0.25, 0.3) is 6.43 Å². The Morgan fingerprint density at radius 2 is 2.10 bits per heavy atom. The number of alkyl halides is 2. The third kappa shape index (κ3) is 2.98. The van der Waals surface area contributed by atoms with Gasteiger partial charge in [-0.15, -0.1) is 0 Å². The van der Waals surface area contributed by atoms with Crippen LogP contribution in [0.1, 0.15) is 32.4 Å². The third-order valence-electron chi connectivity index (χ3n) is 2.91. The number of hydrogen-bond donors (Lipinski definition) is 1. The fraction of sp³-hybridized carbons (Fsp3) is 0.400. The minimum Gasteiger partial charge on any atom is -0.492 e. The molecule has 0 saturated carbocycles. The van der Waals surface area contributed by atoms with E-state index >= 15 is 0 Å². The summed E-state index contributed by atoms with van der Waals surface area (Å²) in [5, 5.41) is 3.97. The molecule has 0 aliphatic heterocycles. The Hall–Kier alpha value is -1.91. The molecule has 3 nitrogen and oxygen atoms in total. The maximum Gasteiger partial charge on any atom is 0.280 e. The summed E-state index contributed by atoms with van der Waals surface area (Å²) < 4.78 is 31.4. The van der Waals surface area contributed by atoms with Crippen LogP contribution in [0.2, 0.25) is 0 Å². The third-order valence-corrected chi connectivity index (χ3v) is 2.91. The summed E-state index contributed by atoms with van der Waals surface area (Å²) >= 11 is 0. The molecule has 0 aliphatic carbocycles. The molecule has 0 unspecified atom stereocenters. The van der Waals surface area contributed by atoms with Crippen molar-refractivity contribution in [1.29, 1.82) is 0 Å². The summed E-state index contributed by atoms with van der Waals surface area (Å²) in [4.78, 5) is 4.05. The van der Waals surface area contributed by atoms with Crippen LogP contribution >= 0.6 is 0 Å². The largest absolute Gasteiger partial charge is 0.492 e. The fourth-order valence-electron chi connectivity index (χ4n) is 2.03. The first-order chi connectivity index (χ1) is 9.67. The van der Waals surface area contributed by atoms with E-state index < -0.39 is 6.43 Å². The molecular weight excluding hydrogens is 262 g/mol. The second-order valence-electron chi connectivity index (χ2n) is 4.41. The van der Waals surface area contributed by atoms with Gasteiger partial charge in [-0.05, 0) is 25.5 Å². The summed E-state index contributed by atoms with van der Waals surface area (Å²) in [5.41, 5.74) is 0.919. The number of nitrogens with zero attached hydrogens (tertiary/aromatic N) is 1. The maximum atomic E-state index is 13.0. The van der Waals surface area contributed by atoms with Crippen molar-refractivity contribution in [2.45, 2.75) is 26.7 Å². The molecule has 0 bridgehead atoms. The Morgan fingerprint density at radius 3 is 2.75 bits per heavy atom. The monoisotopic (exact) mass is 280 g/mol. The van der Waals surface area contributed by atoms with Crippen molar-refractivity contribution < 1.29 is 13.5 Å². The topological polar surface area (TPSA) is 34.2 Å². The lowest BCUT2D eigenvalue weighted by Crippen LogP contribution is -2.04. The Labute approximate surface area is 117 Å². The van der Waals surface area contributed by atoms with Gasteiger partial charge >= 0.3 is 0 Å². The standard InChI is InChI=1S/C15H18F2N2O/c1-3-8-18-11-9-12(15(16)17)19-14-10(11)6-5-7-13(14)20-4-2/h5-7,9,15H,3-4,8H2,1-2H3,(H,18,19). The Kier molecular flexibility index (Phi) is 4.71. The number of hydrogen-bond acceptors (Lipinski definition) is 3. The SMILES string of the molecule is CCCNc1cc(C(F)F)nc2c(OCC)cccc12. The van der Waals surface area contributed by atoms with Gasteiger partial charge in [-0.3, -0.25) is 0 Å². The number of rotatable bonds is 6. The van der Waals surface area contributed by atoms with Gasteiger partial charge < -0.3 is 10.1 Å². The van der Waals surface area contributed by atoms with Gasteiger partial charge in [0.1, 0.15) is 17.0 Å². The van der Waals surface area contributed by atoms with E-state index in [2.05, 4.69) is 10.3 Å². The Morgan fingerprint density at radius 1 is 1.30 bits per heavy atom. The van der Waals surface area contributed by atoms with E-state index in [4.69, 9.17) is 4.74 Å². The average Bonchev–Trinajstić information content (AvgIpc) is 2.45. The number of benzene rings is 1. The molecule has 1 heterocycles. The molecule has 2 rings (SSSR count). The molecule has 108 valence electrons. The van der Waals surface area contributed by atoms with Gasteiger partial charge in [0.15, 0.2) is 0 Å². The molecule has 0 fully saturated rings. The molecule has 1 aromatic carbocycles. The summed E-state index contributed by atoms with van der Waals surface area (Å²) in [6.45, 7) is 5.07. The van der Waals surface area contributed by atoms with Crippen molar-refractivity contribution in [3.05, 3.63) is 30.0 Å². The number of pyridine rings is 1. The molecule has 0 saturated heterocycles. The molecule has 1 N–H and O–H groups in total. The number of nitrogens with one attached hydrogen (secondary N) is 1. The minimum atomic E-state index is -2.60. The number of para-hydroxylation sites is 1.